The second kappa shape index (κ2) is 10.1. The molecule has 0 spiro atoms. The van der Waals surface area contributed by atoms with Crippen LogP contribution in [-0.2, 0) is 4.79 Å². The lowest BCUT2D eigenvalue weighted by atomic mass is 10.1. The third kappa shape index (κ3) is 5.45. The van der Waals surface area contributed by atoms with Crippen molar-refractivity contribution in [3.05, 3.63) is 92.7 Å². The maximum Gasteiger partial charge on any atom is 0.293 e. The fourth-order valence-corrected chi connectivity index (χ4v) is 4.17. The molecule has 1 N–H and O–H groups in total. The number of piperazine rings is 1. The van der Waals surface area contributed by atoms with Crippen LogP contribution in [0.15, 0.2) is 72.1 Å². The van der Waals surface area contributed by atoms with Gasteiger partial charge in [0.05, 0.1) is 4.92 Å². The van der Waals surface area contributed by atoms with Crippen LogP contribution in [0.25, 0.3) is 6.08 Å². The number of nitro groups is 1. The summed E-state index contributed by atoms with van der Waals surface area (Å²) < 4.78 is 0. The molecule has 2 heterocycles. The number of amides is 2. The highest BCUT2D eigenvalue weighted by molar-refractivity contribution is 7.10. The summed E-state index contributed by atoms with van der Waals surface area (Å²) >= 11 is 1.55. The summed E-state index contributed by atoms with van der Waals surface area (Å²) in [5.41, 5.74) is 1.11. The second-order valence-corrected chi connectivity index (χ2v) is 8.43. The van der Waals surface area contributed by atoms with Crippen molar-refractivity contribution in [2.45, 2.75) is 0 Å². The monoisotopic (exact) mass is 462 g/mol. The van der Waals surface area contributed by atoms with Crippen molar-refractivity contribution in [2.75, 3.05) is 31.5 Å². The number of carbonyl (C=O) groups is 2. The first-order chi connectivity index (χ1) is 16.0. The standard InChI is InChI=1S/C24H22N4O4S/c29-23(11-9-20-7-4-16-33-20)26-12-14-27(15-13-26)24(30)18-8-10-21(22(17-18)28(31)32)25-19-5-2-1-3-6-19/h1-11,16-17,25H,12-15H2/b11-9+. The Hall–Kier alpha value is -3.98. The first kappa shape index (κ1) is 22.2. The topological polar surface area (TPSA) is 95.8 Å². The van der Waals surface area contributed by atoms with E-state index in [0.717, 1.165) is 4.88 Å². The van der Waals surface area contributed by atoms with Crippen LogP contribution in [0.3, 0.4) is 0 Å². The molecular weight excluding hydrogens is 440 g/mol. The first-order valence-electron chi connectivity index (χ1n) is 10.4. The molecular formula is C24H22N4O4S. The summed E-state index contributed by atoms with van der Waals surface area (Å²) in [6, 6.07) is 17.4. The molecule has 4 rings (SSSR count). The van der Waals surface area contributed by atoms with Gasteiger partial charge in [0.25, 0.3) is 11.6 Å². The van der Waals surface area contributed by atoms with Gasteiger partial charge in [-0.25, -0.2) is 0 Å². The Labute approximate surface area is 194 Å². The zero-order valence-corrected chi connectivity index (χ0v) is 18.5. The summed E-state index contributed by atoms with van der Waals surface area (Å²) in [4.78, 5) is 40.8. The quantitative estimate of drug-likeness (QED) is 0.333. The number of benzene rings is 2. The molecule has 2 aromatic carbocycles. The molecule has 1 fully saturated rings. The minimum Gasteiger partial charge on any atom is -0.350 e. The number of hydrogen-bond acceptors (Lipinski definition) is 6. The third-order valence-corrected chi connectivity index (χ3v) is 6.14. The van der Waals surface area contributed by atoms with E-state index in [9.17, 15) is 19.7 Å². The van der Waals surface area contributed by atoms with Gasteiger partial charge >= 0.3 is 0 Å². The molecule has 168 valence electrons. The summed E-state index contributed by atoms with van der Waals surface area (Å²) in [6.07, 6.45) is 3.33. The van der Waals surface area contributed by atoms with E-state index in [4.69, 9.17) is 0 Å². The highest BCUT2D eigenvalue weighted by Crippen LogP contribution is 2.29. The zero-order valence-electron chi connectivity index (χ0n) is 17.7. The Morgan fingerprint density at radius 3 is 2.36 bits per heavy atom. The SMILES string of the molecule is O=C(/C=C/c1cccs1)N1CCN(C(=O)c2ccc(Nc3ccccc3)c([N+](=O)[O-])c2)CC1. The number of para-hydroxylation sites is 1. The molecule has 0 radical (unpaired) electrons. The molecule has 1 saturated heterocycles. The molecule has 33 heavy (non-hydrogen) atoms. The lowest BCUT2D eigenvalue weighted by Gasteiger charge is -2.34. The Morgan fingerprint density at radius 1 is 0.970 bits per heavy atom. The van der Waals surface area contributed by atoms with Crippen molar-refractivity contribution in [1.82, 2.24) is 9.80 Å². The van der Waals surface area contributed by atoms with Gasteiger partial charge in [0.1, 0.15) is 5.69 Å². The van der Waals surface area contributed by atoms with Crippen molar-refractivity contribution in [2.24, 2.45) is 0 Å². The van der Waals surface area contributed by atoms with Crippen LogP contribution in [-0.4, -0.2) is 52.7 Å². The van der Waals surface area contributed by atoms with Gasteiger partial charge in [0.15, 0.2) is 0 Å². The fraction of sp³-hybridized carbons (Fsp3) is 0.167. The lowest BCUT2D eigenvalue weighted by Crippen LogP contribution is -2.50. The molecule has 1 aliphatic heterocycles. The van der Waals surface area contributed by atoms with Crippen molar-refractivity contribution in [1.29, 1.82) is 0 Å². The van der Waals surface area contributed by atoms with E-state index >= 15 is 0 Å². The van der Waals surface area contributed by atoms with Gasteiger partial charge in [-0.1, -0.05) is 24.3 Å². The van der Waals surface area contributed by atoms with Crippen LogP contribution in [0.4, 0.5) is 17.1 Å². The molecule has 0 bridgehead atoms. The van der Waals surface area contributed by atoms with Crippen LogP contribution < -0.4 is 5.32 Å². The maximum absolute atomic E-state index is 13.0. The number of carbonyl (C=O) groups excluding carboxylic acids is 2. The molecule has 0 aliphatic carbocycles. The smallest absolute Gasteiger partial charge is 0.293 e. The predicted octanol–water partition coefficient (Wildman–Crippen LogP) is 4.40. The first-order valence-corrected chi connectivity index (χ1v) is 11.3. The second-order valence-electron chi connectivity index (χ2n) is 7.45. The molecule has 0 saturated carbocycles. The number of rotatable bonds is 6. The number of anilines is 2. The van der Waals surface area contributed by atoms with E-state index in [1.807, 2.05) is 35.7 Å². The van der Waals surface area contributed by atoms with E-state index in [2.05, 4.69) is 5.32 Å². The molecule has 1 aliphatic rings. The van der Waals surface area contributed by atoms with Crippen molar-refractivity contribution >= 4 is 46.3 Å². The average Bonchev–Trinajstić information content (AvgIpc) is 3.37. The van der Waals surface area contributed by atoms with Crippen molar-refractivity contribution < 1.29 is 14.5 Å². The normalized spacial score (nSPS) is 13.8. The van der Waals surface area contributed by atoms with Gasteiger partial charge in [-0.2, -0.15) is 0 Å². The van der Waals surface area contributed by atoms with E-state index in [1.54, 1.807) is 57.6 Å². The summed E-state index contributed by atoms with van der Waals surface area (Å²) in [7, 11) is 0. The highest BCUT2D eigenvalue weighted by atomic mass is 32.1. The van der Waals surface area contributed by atoms with Crippen LogP contribution >= 0.6 is 11.3 Å². The van der Waals surface area contributed by atoms with E-state index in [-0.39, 0.29) is 23.1 Å². The van der Waals surface area contributed by atoms with Crippen LogP contribution in [0, 0.1) is 10.1 Å². The number of nitro benzene ring substituents is 1. The van der Waals surface area contributed by atoms with Gasteiger partial charge in [0, 0.05) is 54.4 Å². The molecule has 1 aromatic heterocycles. The molecule has 0 unspecified atom stereocenters. The lowest BCUT2D eigenvalue weighted by molar-refractivity contribution is -0.383. The zero-order chi connectivity index (χ0) is 23.2. The van der Waals surface area contributed by atoms with Crippen LogP contribution in [0.1, 0.15) is 15.2 Å². The Balaban J connectivity index is 1.40. The number of nitrogens with one attached hydrogen (secondary N) is 1. The largest absolute Gasteiger partial charge is 0.350 e. The van der Waals surface area contributed by atoms with E-state index in [0.29, 0.717) is 37.6 Å². The van der Waals surface area contributed by atoms with Gasteiger partial charge in [0.2, 0.25) is 5.91 Å². The Bertz CT molecular complexity index is 1170. The summed E-state index contributed by atoms with van der Waals surface area (Å²) in [6.45, 7) is 1.56. The van der Waals surface area contributed by atoms with E-state index < -0.39 is 4.92 Å². The number of hydrogen-bond donors (Lipinski definition) is 1. The molecule has 2 amide bonds. The number of nitrogens with zero attached hydrogens (tertiary/aromatic N) is 3. The van der Waals surface area contributed by atoms with Crippen LogP contribution in [0.5, 0.6) is 0 Å². The van der Waals surface area contributed by atoms with Gasteiger partial charge in [-0.15, -0.1) is 11.3 Å². The van der Waals surface area contributed by atoms with Gasteiger partial charge in [-0.05, 0) is 41.8 Å². The third-order valence-electron chi connectivity index (χ3n) is 5.31. The van der Waals surface area contributed by atoms with Gasteiger partial charge in [-0.3, -0.25) is 19.7 Å². The predicted molar refractivity (Wildman–Crippen MR) is 129 cm³/mol. The fourth-order valence-electron chi connectivity index (χ4n) is 3.56. The number of thiophene rings is 1. The maximum atomic E-state index is 13.0. The summed E-state index contributed by atoms with van der Waals surface area (Å²) in [5, 5.41) is 16.6. The van der Waals surface area contributed by atoms with Crippen molar-refractivity contribution in [3.63, 3.8) is 0 Å². The summed E-state index contributed by atoms with van der Waals surface area (Å²) in [5.74, 6) is -0.381. The molecule has 8 nitrogen and oxygen atoms in total. The molecule has 3 aromatic rings. The molecule has 9 heteroatoms. The van der Waals surface area contributed by atoms with Gasteiger partial charge < -0.3 is 15.1 Å². The Morgan fingerprint density at radius 2 is 1.70 bits per heavy atom. The molecule has 0 atom stereocenters. The minimum atomic E-state index is -0.501. The van der Waals surface area contributed by atoms with Crippen LogP contribution in [0.2, 0.25) is 0 Å². The highest BCUT2D eigenvalue weighted by Gasteiger charge is 2.26. The Kier molecular flexibility index (Phi) is 6.80. The van der Waals surface area contributed by atoms with Crippen molar-refractivity contribution in [3.8, 4) is 0 Å². The van der Waals surface area contributed by atoms with E-state index in [1.165, 1.54) is 6.07 Å². The minimum absolute atomic E-state index is 0.0949. The average molecular weight is 463 g/mol.